The lowest BCUT2D eigenvalue weighted by Crippen LogP contribution is -2.54. The number of likely N-dealkylation sites (tertiary alicyclic amines) is 1. The van der Waals surface area contributed by atoms with Gasteiger partial charge in [-0.05, 0) is 37.8 Å². The molecule has 0 aromatic heterocycles. The van der Waals surface area contributed by atoms with Gasteiger partial charge in [0.25, 0.3) is 0 Å². The first-order valence-electron chi connectivity index (χ1n) is 8.95. The number of amides is 1. The van der Waals surface area contributed by atoms with E-state index in [1.165, 1.54) is 24.0 Å². The summed E-state index contributed by atoms with van der Waals surface area (Å²) in [6.45, 7) is 11.3. The summed E-state index contributed by atoms with van der Waals surface area (Å²) in [5, 5.41) is 0. The van der Waals surface area contributed by atoms with E-state index >= 15 is 0 Å². The fourth-order valence-corrected chi connectivity index (χ4v) is 3.70. The van der Waals surface area contributed by atoms with Gasteiger partial charge in [0.05, 0.1) is 6.04 Å². The molecule has 1 amide bonds. The molecule has 0 N–H and O–H groups in total. The summed E-state index contributed by atoms with van der Waals surface area (Å²) in [6.07, 6.45) is 2.34. The predicted molar refractivity (Wildman–Crippen MR) is 93.3 cm³/mol. The lowest BCUT2D eigenvalue weighted by atomic mass is 10.1. The van der Waals surface area contributed by atoms with Gasteiger partial charge >= 0.3 is 0 Å². The third kappa shape index (κ3) is 3.93. The van der Waals surface area contributed by atoms with Crippen LogP contribution in [0.2, 0.25) is 0 Å². The van der Waals surface area contributed by atoms with Crippen LogP contribution >= 0.6 is 0 Å². The minimum absolute atomic E-state index is 0.0358. The van der Waals surface area contributed by atoms with Crippen LogP contribution in [0.4, 0.5) is 0 Å². The average molecular weight is 315 g/mol. The van der Waals surface area contributed by atoms with Gasteiger partial charge in [-0.1, -0.05) is 24.3 Å². The van der Waals surface area contributed by atoms with Gasteiger partial charge in [0.2, 0.25) is 5.91 Å². The Morgan fingerprint density at radius 1 is 1.04 bits per heavy atom. The summed E-state index contributed by atoms with van der Waals surface area (Å²) < 4.78 is 0. The van der Waals surface area contributed by atoms with Crippen molar-refractivity contribution in [1.29, 1.82) is 0 Å². The molecule has 4 nitrogen and oxygen atoms in total. The molecule has 2 heterocycles. The first kappa shape index (κ1) is 16.5. The Morgan fingerprint density at radius 3 is 2.35 bits per heavy atom. The second-order valence-corrected chi connectivity index (χ2v) is 6.95. The Hall–Kier alpha value is -1.39. The van der Waals surface area contributed by atoms with E-state index in [4.69, 9.17) is 0 Å². The maximum Gasteiger partial charge on any atom is 0.239 e. The fourth-order valence-electron chi connectivity index (χ4n) is 3.70. The SMILES string of the molecule is Cc1ccccc1CN1CCN(C(C)C(=O)N2CCCC2)CC1. The maximum atomic E-state index is 12.5. The second-order valence-electron chi connectivity index (χ2n) is 6.95. The first-order chi connectivity index (χ1) is 11.1. The van der Waals surface area contributed by atoms with Crippen molar-refractivity contribution in [3.63, 3.8) is 0 Å². The summed E-state index contributed by atoms with van der Waals surface area (Å²) in [5.41, 5.74) is 2.79. The van der Waals surface area contributed by atoms with Crippen LogP contribution in [0.1, 0.15) is 30.9 Å². The number of hydrogen-bond donors (Lipinski definition) is 0. The quantitative estimate of drug-likeness (QED) is 0.851. The molecule has 0 aliphatic carbocycles. The van der Waals surface area contributed by atoms with Crippen LogP contribution in [0.5, 0.6) is 0 Å². The fraction of sp³-hybridized carbons (Fsp3) is 0.632. The largest absolute Gasteiger partial charge is 0.341 e. The number of piperazine rings is 1. The van der Waals surface area contributed by atoms with Gasteiger partial charge in [-0.25, -0.2) is 0 Å². The lowest BCUT2D eigenvalue weighted by Gasteiger charge is -2.38. The molecular weight excluding hydrogens is 286 g/mol. The van der Waals surface area contributed by atoms with E-state index in [-0.39, 0.29) is 6.04 Å². The van der Waals surface area contributed by atoms with Crippen molar-refractivity contribution in [2.45, 2.75) is 39.3 Å². The van der Waals surface area contributed by atoms with E-state index in [9.17, 15) is 4.79 Å². The topological polar surface area (TPSA) is 26.8 Å². The molecule has 2 aliphatic rings. The second kappa shape index (κ2) is 7.45. The molecule has 1 atom stereocenters. The molecule has 4 heteroatoms. The molecule has 23 heavy (non-hydrogen) atoms. The highest BCUT2D eigenvalue weighted by Crippen LogP contribution is 2.16. The highest BCUT2D eigenvalue weighted by Gasteiger charge is 2.29. The van der Waals surface area contributed by atoms with Crippen LogP contribution in [-0.2, 0) is 11.3 Å². The number of hydrogen-bond acceptors (Lipinski definition) is 3. The zero-order valence-corrected chi connectivity index (χ0v) is 14.5. The molecule has 2 saturated heterocycles. The van der Waals surface area contributed by atoms with E-state index in [0.29, 0.717) is 5.91 Å². The third-order valence-corrected chi connectivity index (χ3v) is 5.38. The number of benzene rings is 1. The van der Waals surface area contributed by atoms with E-state index in [2.05, 4.69) is 47.9 Å². The zero-order valence-electron chi connectivity index (χ0n) is 14.5. The standard InChI is InChI=1S/C19H29N3O/c1-16-7-3-4-8-18(16)15-20-11-13-21(14-12-20)17(2)19(23)22-9-5-6-10-22/h3-4,7-8,17H,5-6,9-15H2,1-2H3. The van der Waals surface area contributed by atoms with E-state index in [1.807, 2.05) is 4.90 Å². The summed E-state index contributed by atoms with van der Waals surface area (Å²) in [7, 11) is 0. The molecule has 0 spiro atoms. The van der Waals surface area contributed by atoms with E-state index in [0.717, 1.165) is 45.8 Å². The van der Waals surface area contributed by atoms with Crippen LogP contribution in [0.15, 0.2) is 24.3 Å². The predicted octanol–water partition coefficient (Wildman–Crippen LogP) is 2.12. The van der Waals surface area contributed by atoms with Crippen LogP contribution in [0.3, 0.4) is 0 Å². The lowest BCUT2D eigenvalue weighted by molar-refractivity contribution is -0.136. The monoisotopic (exact) mass is 315 g/mol. The Labute approximate surface area is 140 Å². The highest BCUT2D eigenvalue weighted by molar-refractivity contribution is 5.81. The van der Waals surface area contributed by atoms with Crippen LogP contribution in [0.25, 0.3) is 0 Å². The molecule has 1 aromatic carbocycles. The molecule has 1 aromatic rings. The van der Waals surface area contributed by atoms with Crippen molar-refractivity contribution in [2.24, 2.45) is 0 Å². The molecule has 0 saturated carbocycles. The number of nitrogens with zero attached hydrogens (tertiary/aromatic N) is 3. The van der Waals surface area contributed by atoms with Crippen molar-refractivity contribution < 1.29 is 4.79 Å². The Morgan fingerprint density at radius 2 is 1.70 bits per heavy atom. The van der Waals surface area contributed by atoms with Gasteiger partial charge in [0.1, 0.15) is 0 Å². The van der Waals surface area contributed by atoms with E-state index in [1.54, 1.807) is 0 Å². The van der Waals surface area contributed by atoms with Gasteiger partial charge in [-0.3, -0.25) is 14.6 Å². The minimum Gasteiger partial charge on any atom is -0.341 e. The molecule has 126 valence electrons. The zero-order chi connectivity index (χ0) is 16.2. The third-order valence-electron chi connectivity index (χ3n) is 5.38. The first-order valence-corrected chi connectivity index (χ1v) is 8.95. The van der Waals surface area contributed by atoms with Crippen molar-refractivity contribution >= 4 is 5.91 Å². The number of carbonyl (C=O) groups excluding carboxylic acids is 1. The molecule has 3 rings (SSSR count). The Kier molecular flexibility index (Phi) is 5.34. The number of aryl methyl sites for hydroxylation is 1. The van der Waals surface area contributed by atoms with E-state index < -0.39 is 0 Å². The summed E-state index contributed by atoms with van der Waals surface area (Å²) in [5.74, 6) is 0.329. The smallest absolute Gasteiger partial charge is 0.239 e. The van der Waals surface area contributed by atoms with Gasteiger partial charge in [0.15, 0.2) is 0 Å². The number of carbonyl (C=O) groups is 1. The number of rotatable bonds is 4. The van der Waals surface area contributed by atoms with Gasteiger partial charge in [-0.2, -0.15) is 0 Å². The summed E-state index contributed by atoms with van der Waals surface area (Å²) in [6, 6.07) is 8.66. The molecule has 2 fully saturated rings. The van der Waals surface area contributed by atoms with Crippen molar-refractivity contribution in [3.8, 4) is 0 Å². The van der Waals surface area contributed by atoms with Crippen LogP contribution in [-0.4, -0.2) is 65.9 Å². The average Bonchev–Trinajstić information content (AvgIpc) is 3.11. The molecule has 0 bridgehead atoms. The van der Waals surface area contributed by atoms with Crippen LogP contribution in [0, 0.1) is 6.92 Å². The highest BCUT2D eigenvalue weighted by atomic mass is 16.2. The van der Waals surface area contributed by atoms with Gasteiger partial charge in [-0.15, -0.1) is 0 Å². The van der Waals surface area contributed by atoms with Gasteiger partial charge < -0.3 is 4.90 Å². The van der Waals surface area contributed by atoms with Crippen molar-refractivity contribution in [2.75, 3.05) is 39.3 Å². The Bertz CT molecular complexity index is 531. The molecular formula is C19H29N3O. The summed E-state index contributed by atoms with van der Waals surface area (Å²) >= 11 is 0. The Balaban J connectivity index is 1.50. The normalized spacial score (nSPS) is 21.6. The van der Waals surface area contributed by atoms with Gasteiger partial charge in [0, 0.05) is 45.8 Å². The molecule has 0 radical (unpaired) electrons. The van der Waals surface area contributed by atoms with Crippen molar-refractivity contribution in [1.82, 2.24) is 14.7 Å². The summed E-state index contributed by atoms with van der Waals surface area (Å²) in [4.78, 5) is 19.4. The van der Waals surface area contributed by atoms with Crippen LogP contribution < -0.4 is 0 Å². The molecule has 1 unspecified atom stereocenters. The molecule has 2 aliphatic heterocycles. The maximum absolute atomic E-state index is 12.5. The van der Waals surface area contributed by atoms with Crippen molar-refractivity contribution in [3.05, 3.63) is 35.4 Å². The minimum atomic E-state index is 0.0358.